The summed E-state index contributed by atoms with van der Waals surface area (Å²) in [7, 11) is 0. The van der Waals surface area contributed by atoms with Crippen molar-refractivity contribution in [2.75, 3.05) is 11.9 Å². The van der Waals surface area contributed by atoms with Gasteiger partial charge in [0.2, 0.25) is 5.91 Å². The van der Waals surface area contributed by atoms with Crippen LogP contribution in [0.1, 0.15) is 30.3 Å². The van der Waals surface area contributed by atoms with Crippen molar-refractivity contribution in [1.29, 1.82) is 0 Å². The van der Waals surface area contributed by atoms with Crippen LogP contribution < -0.4 is 10.6 Å². The largest absolute Gasteiger partial charge is 0.326 e. The number of anilines is 1. The third-order valence-electron chi connectivity index (χ3n) is 2.93. The van der Waals surface area contributed by atoms with Crippen molar-refractivity contribution in [3.05, 3.63) is 46.4 Å². The van der Waals surface area contributed by atoms with Crippen molar-refractivity contribution in [3.8, 4) is 0 Å². The molecule has 106 valence electrons. The first-order chi connectivity index (χ1) is 9.65. The van der Waals surface area contributed by atoms with Crippen LogP contribution in [0.3, 0.4) is 0 Å². The summed E-state index contributed by atoms with van der Waals surface area (Å²) in [6.45, 7) is 5.40. The van der Waals surface area contributed by atoms with E-state index in [-0.39, 0.29) is 5.91 Å². The van der Waals surface area contributed by atoms with Gasteiger partial charge in [-0.1, -0.05) is 19.1 Å². The predicted molar refractivity (Wildman–Crippen MR) is 83.0 cm³/mol. The van der Waals surface area contributed by atoms with Gasteiger partial charge in [0.05, 0.1) is 5.01 Å². The van der Waals surface area contributed by atoms with Crippen molar-refractivity contribution in [1.82, 2.24) is 10.3 Å². The normalized spacial score (nSPS) is 12.1. The van der Waals surface area contributed by atoms with Gasteiger partial charge in [0, 0.05) is 43.2 Å². The van der Waals surface area contributed by atoms with Crippen molar-refractivity contribution >= 4 is 22.9 Å². The Morgan fingerprint density at radius 3 is 2.70 bits per heavy atom. The van der Waals surface area contributed by atoms with E-state index in [0.29, 0.717) is 5.92 Å². The number of rotatable bonds is 6. The maximum Gasteiger partial charge on any atom is 0.221 e. The molecule has 0 saturated carbocycles. The van der Waals surface area contributed by atoms with Gasteiger partial charge >= 0.3 is 0 Å². The van der Waals surface area contributed by atoms with Gasteiger partial charge in [-0.15, -0.1) is 11.3 Å². The Kier molecular flexibility index (Phi) is 5.26. The molecule has 2 rings (SSSR count). The lowest BCUT2D eigenvalue weighted by molar-refractivity contribution is -0.114. The molecular formula is C15H19N3OS. The molecule has 2 N–H and O–H groups in total. The van der Waals surface area contributed by atoms with Gasteiger partial charge in [-0.25, -0.2) is 4.98 Å². The third-order valence-corrected chi connectivity index (χ3v) is 3.93. The molecule has 0 aliphatic heterocycles. The molecule has 1 aromatic carbocycles. The minimum atomic E-state index is -0.0480. The second kappa shape index (κ2) is 7.17. The van der Waals surface area contributed by atoms with E-state index < -0.39 is 0 Å². The van der Waals surface area contributed by atoms with Crippen LogP contribution in [0, 0.1) is 0 Å². The zero-order valence-corrected chi connectivity index (χ0v) is 12.5. The molecule has 4 nitrogen and oxygen atoms in total. The van der Waals surface area contributed by atoms with Gasteiger partial charge in [0.15, 0.2) is 0 Å². The first-order valence-electron chi connectivity index (χ1n) is 6.62. The highest BCUT2D eigenvalue weighted by Crippen LogP contribution is 2.16. The van der Waals surface area contributed by atoms with Crippen molar-refractivity contribution in [3.63, 3.8) is 0 Å². The lowest BCUT2D eigenvalue weighted by Crippen LogP contribution is -2.19. The molecule has 1 amide bonds. The predicted octanol–water partition coefficient (Wildman–Crippen LogP) is 2.99. The topological polar surface area (TPSA) is 54.0 Å². The Morgan fingerprint density at radius 2 is 2.10 bits per heavy atom. The van der Waals surface area contributed by atoms with Crippen LogP contribution in [0.15, 0.2) is 35.8 Å². The van der Waals surface area contributed by atoms with Crippen LogP contribution >= 0.6 is 11.3 Å². The quantitative estimate of drug-likeness (QED) is 0.859. The summed E-state index contributed by atoms with van der Waals surface area (Å²) in [6.07, 6.45) is 1.84. The number of thiazole rings is 1. The van der Waals surface area contributed by atoms with Gasteiger partial charge < -0.3 is 10.6 Å². The number of aromatic nitrogens is 1. The Labute approximate surface area is 123 Å². The molecular weight excluding hydrogens is 270 g/mol. The van der Waals surface area contributed by atoms with Crippen LogP contribution in [0.5, 0.6) is 0 Å². The van der Waals surface area contributed by atoms with Gasteiger partial charge in [-0.3, -0.25) is 4.79 Å². The Morgan fingerprint density at radius 1 is 1.35 bits per heavy atom. The van der Waals surface area contributed by atoms with Crippen LogP contribution in [-0.2, 0) is 11.3 Å². The second-order valence-electron chi connectivity index (χ2n) is 4.78. The number of nitrogens with one attached hydrogen (secondary N) is 2. The summed E-state index contributed by atoms with van der Waals surface area (Å²) in [5, 5.41) is 9.36. The first kappa shape index (κ1) is 14.7. The van der Waals surface area contributed by atoms with E-state index in [9.17, 15) is 4.79 Å². The Balaban J connectivity index is 1.78. The van der Waals surface area contributed by atoms with Gasteiger partial charge in [0.25, 0.3) is 0 Å². The molecule has 20 heavy (non-hydrogen) atoms. The molecule has 0 aliphatic carbocycles. The fourth-order valence-electron chi connectivity index (χ4n) is 1.91. The number of hydrogen-bond acceptors (Lipinski definition) is 4. The van der Waals surface area contributed by atoms with Crippen molar-refractivity contribution in [2.45, 2.75) is 26.3 Å². The fourth-order valence-corrected chi connectivity index (χ4v) is 2.61. The highest BCUT2D eigenvalue weighted by molar-refractivity contribution is 7.09. The van der Waals surface area contributed by atoms with Crippen LogP contribution in [0.2, 0.25) is 0 Å². The zero-order chi connectivity index (χ0) is 14.4. The fraction of sp³-hybridized carbons (Fsp3) is 0.333. The number of nitrogens with zero attached hydrogens (tertiary/aromatic N) is 1. The molecule has 0 saturated heterocycles. The molecule has 2 aromatic rings. The van der Waals surface area contributed by atoms with Crippen molar-refractivity contribution in [2.24, 2.45) is 0 Å². The van der Waals surface area contributed by atoms with E-state index in [2.05, 4.69) is 22.5 Å². The molecule has 5 heteroatoms. The van der Waals surface area contributed by atoms with Crippen LogP contribution in [-0.4, -0.2) is 17.4 Å². The third kappa shape index (κ3) is 4.43. The molecule has 0 aliphatic rings. The zero-order valence-electron chi connectivity index (χ0n) is 11.7. The average Bonchev–Trinajstić information content (AvgIpc) is 2.94. The molecule has 0 spiro atoms. The second-order valence-corrected chi connectivity index (χ2v) is 5.71. The lowest BCUT2D eigenvalue weighted by atomic mass is 10.1. The molecule has 0 fully saturated rings. The summed E-state index contributed by atoms with van der Waals surface area (Å²) in [4.78, 5) is 15.2. The highest BCUT2D eigenvalue weighted by Gasteiger charge is 2.07. The first-order valence-corrected chi connectivity index (χ1v) is 7.50. The molecule has 1 aromatic heterocycles. The SMILES string of the molecule is CC(=O)Nc1ccc(CNCC(C)c2nccs2)cc1. The minimum absolute atomic E-state index is 0.0480. The monoisotopic (exact) mass is 289 g/mol. The maximum atomic E-state index is 10.9. The molecule has 1 atom stereocenters. The van der Waals surface area contributed by atoms with E-state index in [1.54, 1.807) is 11.3 Å². The maximum absolute atomic E-state index is 10.9. The summed E-state index contributed by atoms with van der Waals surface area (Å²) in [5.41, 5.74) is 2.03. The van der Waals surface area contributed by atoms with Gasteiger partial charge in [-0.2, -0.15) is 0 Å². The number of amides is 1. The standard InChI is InChI=1S/C15H19N3OS/c1-11(15-17-7-8-20-15)9-16-10-13-3-5-14(6-4-13)18-12(2)19/h3-8,11,16H,9-10H2,1-2H3,(H,18,19). The minimum Gasteiger partial charge on any atom is -0.326 e. The molecule has 1 heterocycles. The number of carbonyl (C=O) groups excluding carboxylic acids is 1. The summed E-state index contributed by atoms with van der Waals surface area (Å²) in [5.74, 6) is 0.377. The van der Waals surface area contributed by atoms with Gasteiger partial charge in [0.1, 0.15) is 0 Å². The molecule has 0 bridgehead atoms. The molecule has 1 unspecified atom stereocenters. The number of hydrogen-bond donors (Lipinski definition) is 2. The van der Waals surface area contributed by atoms with Gasteiger partial charge in [-0.05, 0) is 17.7 Å². The molecule has 0 radical (unpaired) electrons. The van der Waals surface area contributed by atoms with Crippen LogP contribution in [0.25, 0.3) is 0 Å². The lowest BCUT2D eigenvalue weighted by Gasteiger charge is -2.10. The van der Waals surface area contributed by atoms with Crippen molar-refractivity contribution < 1.29 is 4.79 Å². The van der Waals surface area contributed by atoms with E-state index in [1.165, 1.54) is 17.5 Å². The Hall–Kier alpha value is -1.72. The average molecular weight is 289 g/mol. The Bertz CT molecular complexity index is 537. The summed E-state index contributed by atoms with van der Waals surface area (Å²) >= 11 is 1.69. The van der Waals surface area contributed by atoms with Crippen LogP contribution in [0.4, 0.5) is 5.69 Å². The van der Waals surface area contributed by atoms with E-state index in [4.69, 9.17) is 0 Å². The van der Waals surface area contributed by atoms with E-state index in [0.717, 1.165) is 18.8 Å². The smallest absolute Gasteiger partial charge is 0.221 e. The van der Waals surface area contributed by atoms with E-state index >= 15 is 0 Å². The number of carbonyl (C=O) groups is 1. The summed E-state index contributed by atoms with van der Waals surface area (Å²) < 4.78 is 0. The number of benzene rings is 1. The van der Waals surface area contributed by atoms with E-state index in [1.807, 2.05) is 35.8 Å². The highest BCUT2D eigenvalue weighted by atomic mass is 32.1. The summed E-state index contributed by atoms with van der Waals surface area (Å²) in [6, 6.07) is 7.88.